The molecule has 0 bridgehead atoms. The molecule has 2 saturated carbocycles. The van der Waals surface area contributed by atoms with Crippen LogP contribution in [0.25, 0.3) is 0 Å². The zero-order valence-electron chi connectivity index (χ0n) is 14.3. The van der Waals surface area contributed by atoms with E-state index in [-0.39, 0.29) is 17.7 Å². The highest BCUT2D eigenvalue weighted by atomic mass is 16.6. The van der Waals surface area contributed by atoms with Crippen LogP contribution in [0.4, 0.5) is 4.79 Å². The number of nitrogens with two attached hydrogens (primary N) is 1. The first-order valence-electron chi connectivity index (χ1n) is 8.32. The topological polar surface area (TPSA) is 64.3 Å². The SMILES string of the molecule is CC(C)(C)OC(=O)NC1CCC(C2(C(C)(C)N)CC2)CC1. The molecule has 0 spiro atoms. The van der Waals surface area contributed by atoms with Gasteiger partial charge in [-0.05, 0) is 84.5 Å². The largest absolute Gasteiger partial charge is 0.444 e. The van der Waals surface area contributed by atoms with Crippen molar-refractivity contribution in [3.8, 4) is 0 Å². The van der Waals surface area contributed by atoms with Crippen LogP contribution >= 0.6 is 0 Å². The Balaban J connectivity index is 1.81. The van der Waals surface area contributed by atoms with Gasteiger partial charge in [0.2, 0.25) is 0 Å². The Morgan fingerprint density at radius 3 is 2.00 bits per heavy atom. The van der Waals surface area contributed by atoms with Crippen molar-refractivity contribution >= 4 is 6.09 Å². The van der Waals surface area contributed by atoms with E-state index in [9.17, 15) is 4.79 Å². The van der Waals surface area contributed by atoms with E-state index in [1.807, 2.05) is 20.8 Å². The van der Waals surface area contributed by atoms with Gasteiger partial charge in [0.1, 0.15) is 5.60 Å². The lowest BCUT2D eigenvalue weighted by atomic mass is 9.68. The van der Waals surface area contributed by atoms with Crippen LogP contribution in [0.5, 0.6) is 0 Å². The van der Waals surface area contributed by atoms with Crippen LogP contribution < -0.4 is 11.1 Å². The molecule has 2 aliphatic rings. The molecule has 0 unspecified atom stereocenters. The summed E-state index contributed by atoms with van der Waals surface area (Å²) in [5.74, 6) is 0.717. The van der Waals surface area contributed by atoms with Gasteiger partial charge in [-0.1, -0.05) is 0 Å². The smallest absolute Gasteiger partial charge is 0.407 e. The van der Waals surface area contributed by atoms with Crippen molar-refractivity contribution < 1.29 is 9.53 Å². The first-order chi connectivity index (χ1) is 9.53. The number of rotatable bonds is 3. The maximum absolute atomic E-state index is 11.8. The number of nitrogens with one attached hydrogen (secondary N) is 1. The van der Waals surface area contributed by atoms with E-state index in [1.54, 1.807) is 0 Å². The van der Waals surface area contributed by atoms with Gasteiger partial charge in [0.05, 0.1) is 0 Å². The van der Waals surface area contributed by atoms with Gasteiger partial charge in [0.25, 0.3) is 0 Å². The summed E-state index contributed by atoms with van der Waals surface area (Å²) in [5, 5.41) is 3.01. The van der Waals surface area contributed by atoms with Crippen LogP contribution in [-0.4, -0.2) is 23.3 Å². The summed E-state index contributed by atoms with van der Waals surface area (Å²) >= 11 is 0. The van der Waals surface area contributed by atoms with E-state index in [1.165, 1.54) is 25.7 Å². The predicted molar refractivity (Wildman–Crippen MR) is 85.0 cm³/mol. The lowest BCUT2D eigenvalue weighted by Crippen LogP contribution is -2.49. The third-order valence-corrected chi connectivity index (χ3v) is 5.30. The summed E-state index contributed by atoms with van der Waals surface area (Å²) in [6, 6.07) is 0.257. The summed E-state index contributed by atoms with van der Waals surface area (Å²) < 4.78 is 5.33. The van der Waals surface area contributed by atoms with E-state index >= 15 is 0 Å². The van der Waals surface area contributed by atoms with E-state index in [4.69, 9.17) is 10.5 Å². The normalized spacial score (nSPS) is 28.9. The van der Waals surface area contributed by atoms with Crippen LogP contribution in [0, 0.1) is 11.3 Å². The predicted octanol–water partition coefficient (Wildman–Crippen LogP) is 3.59. The fourth-order valence-corrected chi connectivity index (χ4v) is 3.98. The minimum atomic E-state index is -0.428. The third kappa shape index (κ3) is 3.91. The van der Waals surface area contributed by atoms with Crippen molar-refractivity contribution in [1.29, 1.82) is 0 Å². The highest BCUT2D eigenvalue weighted by Crippen LogP contribution is 2.61. The summed E-state index contributed by atoms with van der Waals surface area (Å²) in [6.07, 6.45) is 6.67. The maximum atomic E-state index is 11.8. The molecule has 2 aliphatic carbocycles. The Morgan fingerprint density at radius 1 is 1.10 bits per heavy atom. The van der Waals surface area contributed by atoms with Crippen molar-refractivity contribution in [2.75, 3.05) is 0 Å². The standard InChI is InChI=1S/C17H32N2O2/c1-15(2,3)21-14(20)19-13-8-6-12(7-9-13)17(10-11-17)16(4,5)18/h12-13H,6-11,18H2,1-5H3,(H,19,20). The Hall–Kier alpha value is -0.770. The molecule has 2 rings (SSSR count). The molecule has 1 amide bonds. The monoisotopic (exact) mass is 296 g/mol. The van der Waals surface area contributed by atoms with Gasteiger partial charge in [0, 0.05) is 11.6 Å². The maximum Gasteiger partial charge on any atom is 0.407 e. The molecule has 3 N–H and O–H groups in total. The quantitative estimate of drug-likeness (QED) is 0.836. The Labute approximate surface area is 129 Å². The summed E-state index contributed by atoms with van der Waals surface area (Å²) in [6.45, 7) is 10.0. The molecule has 4 heteroatoms. The summed E-state index contributed by atoms with van der Waals surface area (Å²) in [7, 11) is 0. The van der Waals surface area contributed by atoms with E-state index in [2.05, 4.69) is 19.2 Å². The number of carbonyl (C=O) groups excluding carboxylic acids is 1. The Kier molecular flexibility index (Phi) is 4.31. The third-order valence-electron chi connectivity index (χ3n) is 5.30. The van der Waals surface area contributed by atoms with Gasteiger partial charge in [-0.3, -0.25) is 0 Å². The lowest BCUT2D eigenvalue weighted by molar-refractivity contribution is 0.0471. The number of amides is 1. The van der Waals surface area contributed by atoms with Crippen LogP contribution in [0.1, 0.15) is 73.1 Å². The second kappa shape index (κ2) is 5.45. The Morgan fingerprint density at radius 2 is 1.62 bits per heavy atom. The minimum absolute atomic E-state index is 0.0803. The molecule has 0 aromatic rings. The van der Waals surface area contributed by atoms with Crippen LogP contribution in [0.2, 0.25) is 0 Å². The molecule has 0 saturated heterocycles. The average molecular weight is 296 g/mol. The molecule has 2 fully saturated rings. The fraction of sp³-hybridized carbons (Fsp3) is 0.941. The second-order valence-electron chi connectivity index (χ2n) is 8.57. The molecule has 0 atom stereocenters. The van der Waals surface area contributed by atoms with Crippen molar-refractivity contribution in [3.05, 3.63) is 0 Å². The van der Waals surface area contributed by atoms with Crippen molar-refractivity contribution in [1.82, 2.24) is 5.32 Å². The zero-order valence-corrected chi connectivity index (χ0v) is 14.3. The van der Waals surface area contributed by atoms with Crippen LogP contribution in [0.3, 0.4) is 0 Å². The van der Waals surface area contributed by atoms with E-state index in [0.29, 0.717) is 11.3 Å². The van der Waals surface area contributed by atoms with Crippen molar-refractivity contribution in [2.24, 2.45) is 17.1 Å². The van der Waals surface area contributed by atoms with Gasteiger partial charge in [-0.2, -0.15) is 0 Å². The zero-order chi connectivity index (χ0) is 15.9. The molecule has 4 nitrogen and oxygen atoms in total. The van der Waals surface area contributed by atoms with Crippen LogP contribution in [-0.2, 0) is 4.74 Å². The van der Waals surface area contributed by atoms with E-state index in [0.717, 1.165) is 12.8 Å². The average Bonchev–Trinajstić information content (AvgIpc) is 3.07. The molecular weight excluding hydrogens is 264 g/mol. The van der Waals surface area contributed by atoms with Gasteiger partial charge in [0.15, 0.2) is 0 Å². The number of alkyl carbamates (subject to hydrolysis) is 1. The highest BCUT2D eigenvalue weighted by Gasteiger charge is 2.57. The summed E-state index contributed by atoms with van der Waals surface area (Å²) in [5.41, 5.74) is 6.24. The number of carbonyl (C=O) groups is 1. The number of hydrogen-bond donors (Lipinski definition) is 2. The first-order valence-corrected chi connectivity index (χ1v) is 8.32. The molecule has 122 valence electrons. The van der Waals surface area contributed by atoms with Gasteiger partial charge in [-0.25, -0.2) is 4.79 Å². The molecule has 21 heavy (non-hydrogen) atoms. The van der Waals surface area contributed by atoms with Crippen molar-refractivity contribution in [3.63, 3.8) is 0 Å². The molecule has 0 heterocycles. The Bertz CT molecular complexity index is 381. The number of hydrogen-bond acceptors (Lipinski definition) is 3. The molecular formula is C17H32N2O2. The first kappa shape index (κ1) is 16.6. The fourth-order valence-electron chi connectivity index (χ4n) is 3.98. The molecule has 0 aliphatic heterocycles. The lowest BCUT2D eigenvalue weighted by Gasteiger charge is -2.41. The highest BCUT2D eigenvalue weighted by molar-refractivity contribution is 5.68. The second-order valence-corrected chi connectivity index (χ2v) is 8.57. The van der Waals surface area contributed by atoms with Gasteiger partial charge < -0.3 is 15.8 Å². The van der Waals surface area contributed by atoms with E-state index < -0.39 is 5.60 Å². The minimum Gasteiger partial charge on any atom is -0.444 e. The van der Waals surface area contributed by atoms with Crippen molar-refractivity contribution in [2.45, 2.75) is 90.3 Å². The summed E-state index contributed by atoms with van der Waals surface area (Å²) in [4.78, 5) is 11.8. The molecule has 0 aromatic carbocycles. The number of ether oxygens (including phenoxy) is 1. The molecule has 0 aromatic heterocycles. The van der Waals surface area contributed by atoms with Crippen LogP contribution in [0.15, 0.2) is 0 Å². The molecule has 0 radical (unpaired) electrons. The van der Waals surface area contributed by atoms with Gasteiger partial charge in [-0.15, -0.1) is 0 Å². The van der Waals surface area contributed by atoms with Gasteiger partial charge >= 0.3 is 6.09 Å².